The summed E-state index contributed by atoms with van der Waals surface area (Å²) in [5.41, 5.74) is 1.25. The van der Waals surface area contributed by atoms with Gasteiger partial charge in [-0.1, -0.05) is 24.3 Å². The number of amides is 2. The van der Waals surface area contributed by atoms with E-state index in [2.05, 4.69) is 20.7 Å². The maximum atomic E-state index is 12.9. The number of rotatable bonds is 3. The van der Waals surface area contributed by atoms with Gasteiger partial charge in [0.2, 0.25) is 5.91 Å². The van der Waals surface area contributed by atoms with E-state index in [1.807, 2.05) is 43.4 Å². The van der Waals surface area contributed by atoms with Crippen LogP contribution in [-0.2, 0) is 11.8 Å². The highest BCUT2D eigenvalue weighted by Gasteiger charge is 2.33. The molecule has 26 heavy (non-hydrogen) atoms. The van der Waals surface area contributed by atoms with Crippen LogP contribution in [0.1, 0.15) is 35.1 Å². The Hall–Kier alpha value is -3.22. The summed E-state index contributed by atoms with van der Waals surface area (Å²) in [5.74, 6) is -0.264. The number of hydrogen-bond acceptors (Lipinski definition) is 4. The molecule has 1 saturated heterocycles. The highest BCUT2D eigenvalue weighted by atomic mass is 16.2. The van der Waals surface area contributed by atoms with Gasteiger partial charge in [0.05, 0.1) is 17.8 Å². The van der Waals surface area contributed by atoms with Crippen LogP contribution in [0.5, 0.6) is 0 Å². The molecule has 0 saturated carbocycles. The van der Waals surface area contributed by atoms with E-state index in [0.29, 0.717) is 18.5 Å². The standard InChI is InChI=1S/C19H19N5O2/c1-24-15(9-11-21-24)18-14(6-7-16(25)23-18)22-19(26)17-13-5-3-2-4-12(13)8-10-20-17/h2-5,8-11,14,18H,6-7H2,1H3,(H,22,26)(H,23,25)/t14-,18-/m1/s1. The minimum atomic E-state index is -0.317. The van der Waals surface area contributed by atoms with Gasteiger partial charge in [-0.3, -0.25) is 19.3 Å². The molecule has 1 aromatic carbocycles. The van der Waals surface area contributed by atoms with Gasteiger partial charge < -0.3 is 10.6 Å². The van der Waals surface area contributed by atoms with Crippen molar-refractivity contribution in [1.82, 2.24) is 25.4 Å². The number of aryl methyl sites for hydroxylation is 1. The highest BCUT2D eigenvalue weighted by Crippen LogP contribution is 2.24. The predicted octanol–water partition coefficient (Wildman–Crippen LogP) is 1.72. The van der Waals surface area contributed by atoms with Gasteiger partial charge in [0.1, 0.15) is 5.69 Å². The molecule has 0 radical (unpaired) electrons. The number of aromatic nitrogens is 3. The number of carbonyl (C=O) groups excluding carboxylic acids is 2. The first-order valence-corrected chi connectivity index (χ1v) is 8.55. The van der Waals surface area contributed by atoms with E-state index in [-0.39, 0.29) is 23.9 Å². The number of pyridine rings is 1. The third kappa shape index (κ3) is 2.92. The number of nitrogens with zero attached hydrogens (tertiary/aromatic N) is 3. The minimum Gasteiger partial charge on any atom is -0.346 e. The summed E-state index contributed by atoms with van der Waals surface area (Å²) in [5, 5.41) is 12.0. The quantitative estimate of drug-likeness (QED) is 0.753. The van der Waals surface area contributed by atoms with Gasteiger partial charge in [0, 0.05) is 31.2 Å². The van der Waals surface area contributed by atoms with Crippen molar-refractivity contribution >= 4 is 22.6 Å². The van der Waals surface area contributed by atoms with Crippen LogP contribution in [0, 0.1) is 0 Å². The van der Waals surface area contributed by atoms with Crippen molar-refractivity contribution in [3.8, 4) is 0 Å². The number of fused-ring (bicyclic) bond motifs is 1. The number of benzene rings is 1. The summed E-state index contributed by atoms with van der Waals surface area (Å²) in [6.45, 7) is 0. The molecule has 2 atom stereocenters. The Morgan fingerprint density at radius 3 is 2.88 bits per heavy atom. The first kappa shape index (κ1) is 16.3. The van der Waals surface area contributed by atoms with Crippen LogP contribution in [0.4, 0.5) is 0 Å². The van der Waals surface area contributed by atoms with E-state index in [1.165, 1.54) is 0 Å². The maximum Gasteiger partial charge on any atom is 0.270 e. The summed E-state index contributed by atoms with van der Waals surface area (Å²) < 4.78 is 1.71. The Labute approximate surface area is 150 Å². The molecule has 2 aromatic heterocycles. The number of hydrogen-bond donors (Lipinski definition) is 2. The molecule has 1 aliphatic rings. The highest BCUT2D eigenvalue weighted by molar-refractivity contribution is 6.05. The van der Waals surface area contributed by atoms with E-state index in [9.17, 15) is 9.59 Å². The average Bonchev–Trinajstić information content (AvgIpc) is 3.08. The summed E-state index contributed by atoms with van der Waals surface area (Å²) in [7, 11) is 1.82. The van der Waals surface area contributed by atoms with Crippen molar-refractivity contribution in [3.63, 3.8) is 0 Å². The molecule has 0 aliphatic carbocycles. The SMILES string of the molecule is Cn1nccc1[C@@H]1NC(=O)CC[C@H]1NC(=O)c1nccc2ccccc12. The van der Waals surface area contributed by atoms with Crippen LogP contribution >= 0.6 is 0 Å². The second-order valence-electron chi connectivity index (χ2n) is 6.42. The van der Waals surface area contributed by atoms with Crippen molar-refractivity contribution < 1.29 is 9.59 Å². The van der Waals surface area contributed by atoms with Gasteiger partial charge in [0.15, 0.2) is 0 Å². The van der Waals surface area contributed by atoms with Crippen LogP contribution in [0.3, 0.4) is 0 Å². The molecule has 7 heteroatoms. The minimum absolute atomic E-state index is 0.0232. The molecule has 0 unspecified atom stereocenters. The molecule has 3 heterocycles. The lowest BCUT2D eigenvalue weighted by Crippen LogP contribution is -2.50. The van der Waals surface area contributed by atoms with Crippen LogP contribution in [0.2, 0.25) is 0 Å². The fourth-order valence-electron chi connectivity index (χ4n) is 3.46. The van der Waals surface area contributed by atoms with E-state index in [0.717, 1.165) is 16.5 Å². The van der Waals surface area contributed by atoms with Gasteiger partial charge in [-0.15, -0.1) is 0 Å². The molecular formula is C19H19N5O2. The monoisotopic (exact) mass is 349 g/mol. The third-order valence-electron chi connectivity index (χ3n) is 4.78. The van der Waals surface area contributed by atoms with Gasteiger partial charge in [-0.2, -0.15) is 5.10 Å². The van der Waals surface area contributed by atoms with Gasteiger partial charge in [0.25, 0.3) is 5.91 Å². The lowest BCUT2D eigenvalue weighted by atomic mass is 9.95. The van der Waals surface area contributed by atoms with Crippen molar-refractivity contribution in [3.05, 3.63) is 60.2 Å². The van der Waals surface area contributed by atoms with Crippen LogP contribution in [0.25, 0.3) is 10.8 Å². The Balaban J connectivity index is 1.63. The number of carbonyl (C=O) groups is 2. The van der Waals surface area contributed by atoms with Crippen LogP contribution in [-0.4, -0.2) is 32.6 Å². The van der Waals surface area contributed by atoms with Crippen LogP contribution in [0.15, 0.2) is 48.8 Å². The van der Waals surface area contributed by atoms with E-state index in [1.54, 1.807) is 17.1 Å². The third-order valence-corrected chi connectivity index (χ3v) is 4.78. The first-order valence-electron chi connectivity index (χ1n) is 8.55. The van der Waals surface area contributed by atoms with E-state index in [4.69, 9.17) is 0 Å². The normalized spacial score (nSPS) is 20.0. The Bertz CT molecular complexity index is 975. The average molecular weight is 349 g/mol. The Kier molecular flexibility index (Phi) is 4.12. The van der Waals surface area contributed by atoms with Crippen molar-refractivity contribution in [2.24, 2.45) is 7.05 Å². The van der Waals surface area contributed by atoms with Gasteiger partial charge in [-0.05, 0) is 23.9 Å². The largest absolute Gasteiger partial charge is 0.346 e. The molecule has 4 rings (SSSR count). The molecule has 1 aliphatic heterocycles. The second-order valence-corrected chi connectivity index (χ2v) is 6.42. The van der Waals surface area contributed by atoms with Crippen molar-refractivity contribution in [1.29, 1.82) is 0 Å². The number of nitrogens with one attached hydrogen (secondary N) is 2. The maximum absolute atomic E-state index is 12.9. The van der Waals surface area contributed by atoms with E-state index < -0.39 is 0 Å². The van der Waals surface area contributed by atoms with Crippen molar-refractivity contribution in [2.45, 2.75) is 24.9 Å². The molecule has 0 bridgehead atoms. The zero-order valence-electron chi connectivity index (χ0n) is 14.3. The topological polar surface area (TPSA) is 88.9 Å². The van der Waals surface area contributed by atoms with Crippen LogP contribution < -0.4 is 10.6 Å². The summed E-state index contributed by atoms with van der Waals surface area (Å²) in [4.78, 5) is 29.1. The molecular weight excluding hydrogens is 330 g/mol. The summed E-state index contributed by atoms with van der Waals surface area (Å²) in [6, 6.07) is 10.8. The first-order chi connectivity index (χ1) is 12.6. The molecule has 3 aromatic rings. The summed E-state index contributed by atoms with van der Waals surface area (Å²) >= 11 is 0. The van der Waals surface area contributed by atoms with Crippen molar-refractivity contribution in [2.75, 3.05) is 0 Å². The molecule has 132 valence electrons. The fraction of sp³-hybridized carbons (Fsp3) is 0.263. The smallest absolute Gasteiger partial charge is 0.270 e. The fourth-order valence-corrected chi connectivity index (χ4v) is 3.46. The zero-order valence-corrected chi connectivity index (χ0v) is 14.3. The Morgan fingerprint density at radius 1 is 1.23 bits per heavy atom. The molecule has 2 N–H and O–H groups in total. The van der Waals surface area contributed by atoms with E-state index >= 15 is 0 Å². The summed E-state index contributed by atoms with van der Waals surface area (Å²) in [6.07, 6.45) is 4.26. The predicted molar refractivity (Wildman–Crippen MR) is 96.3 cm³/mol. The van der Waals surface area contributed by atoms with Gasteiger partial charge >= 0.3 is 0 Å². The Morgan fingerprint density at radius 2 is 2.08 bits per heavy atom. The number of piperidine rings is 1. The second kappa shape index (κ2) is 6.59. The molecule has 1 fully saturated rings. The molecule has 0 spiro atoms. The molecule has 7 nitrogen and oxygen atoms in total. The zero-order chi connectivity index (χ0) is 18.1. The van der Waals surface area contributed by atoms with Gasteiger partial charge in [-0.25, -0.2) is 0 Å². The lowest BCUT2D eigenvalue weighted by Gasteiger charge is -2.32. The lowest BCUT2D eigenvalue weighted by molar-refractivity contribution is -0.123. The molecule has 2 amide bonds.